The monoisotopic (exact) mass is 367 g/mol. The molecule has 2 heterocycles. The Kier molecular flexibility index (Phi) is 4.33. The van der Waals surface area contributed by atoms with Crippen LogP contribution in [0.5, 0.6) is 11.5 Å². The lowest BCUT2D eigenvalue weighted by atomic mass is 10.1. The molecule has 1 aromatic heterocycles. The normalized spacial score (nSPS) is 18.6. The van der Waals surface area contributed by atoms with Gasteiger partial charge in [0, 0.05) is 11.6 Å². The minimum absolute atomic E-state index is 0.0420. The van der Waals surface area contributed by atoms with Crippen LogP contribution in [0.4, 0.5) is 0 Å². The third-order valence-electron chi connectivity index (χ3n) is 4.47. The SMILES string of the molecule is C=C(C)C1OC1OCc1cc(OC)cc(-n2nc3ccc(C)cc3n2)c1O. The first-order valence-electron chi connectivity index (χ1n) is 8.62. The predicted octanol–water partition coefficient (Wildman–Crippen LogP) is 3.26. The molecule has 2 aromatic carbocycles. The molecule has 140 valence electrons. The number of epoxide rings is 1. The average Bonchev–Trinajstić information content (AvgIpc) is 3.31. The summed E-state index contributed by atoms with van der Waals surface area (Å²) < 4.78 is 16.5. The Morgan fingerprint density at radius 2 is 2.04 bits per heavy atom. The number of benzene rings is 2. The van der Waals surface area contributed by atoms with Crippen LogP contribution in [-0.2, 0) is 16.1 Å². The standard InChI is InChI=1S/C20H21N3O4/c1-11(2)19-20(27-19)26-10-13-8-14(25-4)9-17(18(13)24)23-21-15-6-5-12(3)7-16(15)22-23/h5-9,19-20,24H,1,10H2,2-4H3. The number of aromatic nitrogens is 3. The van der Waals surface area contributed by atoms with Gasteiger partial charge in [-0.25, -0.2) is 0 Å². The fourth-order valence-electron chi connectivity index (χ4n) is 2.91. The minimum Gasteiger partial charge on any atom is -0.505 e. The highest BCUT2D eigenvalue weighted by Gasteiger charge is 2.40. The van der Waals surface area contributed by atoms with E-state index in [4.69, 9.17) is 14.2 Å². The zero-order chi connectivity index (χ0) is 19.1. The van der Waals surface area contributed by atoms with Gasteiger partial charge >= 0.3 is 0 Å². The van der Waals surface area contributed by atoms with Gasteiger partial charge in [0.05, 0.1) is 13.7 Å². The van der Waals surface area contributed by atoms with Gasteiger partial charge in [0.2, 0.25) is 0 Å². The van der Waals surface area contributed by atoms with Crippen LogP contribution in [-0.4, -0.2) is 39.6 Å². The Balaban J connectivity index is 1.66. The van der Waals surface area contributed by atoms with Gasteiger partial charge in [0.15, 0.2) is 6.29 Å². The molecule has 3 aromatic rings. The maximum Gasteiger partial charge on any atom is 0.189 e. The van der Waals surface area contributed by atoms with E-state index in [1.807, 2.05) is 32.0 Å². The number of nitrogens with zero attached hydrogens (tertiary/aromatic N) is 3. The summed E-state index contributed by atoms with van der Waals surface area (Å²) in [6.45, 7) is 7.91. The van der Waals surface area contributed by atoms with Crippen LogP contribution in [0.2, 0.25) is 0 Å². The van der Waals surface area contributed by atoms with Crippen molar-refractivity contribution in [2.45, 2.75) is 32.8 Å². The molecule has 0 amide bonds. The summed E-state index contributed by atoms with van der Waals surface area (Å²) in [5.41, 5.74) is 4.50. The van der Waals surface area contributed by atoms with Crippen LogP contribution in [0.15, 0.2) is 42.5 Å². The van der Waals surface area contributed by atoms with E-state index in [1.165, 1.54) is 4.80 Å². The molecule has 1 fully saturated rings. The molecule has 0 spiro atoms. The Morgan fingerprint density at radius 3 is 2.74 bits per heavy atom. The average molecular weight is 367 g/mol. The van der Waals surface area contributed by atoms with Gasteiger partial charge in [0.1, 0.15) is 34.3 Å². The minimum atomic E-state index is -0.329. The Morgan fingerprint density at radius 1 is 1.26 bits per heavy atom. The first kappa shape index (κ1) is 17.5. The fourth-order valence-corrected chi connectivity index (χ4v) is 2.91. The number of aromatic hydroxyl groups is 1. The van der Waals surface area contributed by atoms with Crippen LogP contribution in [0, 0.1) is 6.92 Å². The molecular formula is C20H21N3O4. The van der Waals surface area contributed by atoms with E-state index >= 15 is 0 Å². The van der Waals surface area contributed by atoms with Gasteiger partial charge in [-0.1, -0.05) is 12.6 Å². The number of phenols is 1. The maximum atomic E-state index is 10.8. The highest BCUT2D eigenvalue weighted by atomic mass is 16.8. The fraction of sp³-hybridized carbons (Fsp3) is 0.300. The van der Waals surface area contributed by atoms with E-state index in [2.05, 4.69) is 16.8 Å². The molecule has 1 aliphatic rings. The van der Waals surface area contributed by atoms with Crippen molar-refractivity contribution >= 4 is 11.0 Å². The van der Waals surface area contributed by atoms with Crippen LogP contribution >= 0.6 is 0 Å². The first-order chi connectivity index (χ1) is 13.0. The number of hydrogen-bond donors (Lipinski definition) is 1. The van der Waals surface area contributed by atoms with Crippen LogP contribution in [0.25, 0.3) is 16.7 Å². The second-order valence-electron chi connectivity index (χ2n) is 6.72. The van der Waals surface area contributed by atoms with Crippen molar-refractivity contribution in [3.05, 3.63) is 53.6 Å². The number of ether oxygens (including phenoxy) is 3. The van der Waals surface area contributed by atoms with Crippen molar-refractivity contribution in [2.24, 2.45) is 0 Å². The Labute approximate surface area is 156 Å². The van der Waals surface area contributed by atoms with Crippen LogP contribution in [0.1, 0.15) is 18.1 Å². The molecule has 7 heteroatoms. The molecule has 1 aliphatic heterocycles. The maximum absolute atomic E-state index is 10.8. The number of phenolic OH excluding ortho intramolecular Hbond substituents is 1. The van der Waals surface area contributed by atoms with E-state index in [-0.39, 0.29) is 24.8 Å². The van der Waals surface area contributed by atoms with Crippen LogP contribution < -0.4 is 4.74 Å². The molecule has 1 N–H and O–H groups in total. The summed E-state index contributed by atoms with van der Waals surface area (Å²) in [4.78, 5) is 1.41. The van der Waals surface area contributed by atoms with E-state index < -0.39 is 0 Å². The van der Waals surface area contributed by atoms with Gasteiger partial charge in [-0.15, -0.1) is 15.0 Å². The Bertz CT molecular complexity index is 1030. The van der Waals surface area contributed by atoms with E-state index in [0.29, 0.717) is 17.0 Å². The quantitative estimate of drug-likeness (QED) is 0.532. The van der Waals surface area contributed by atoms with Gasteiger partial charge in [-0.05, 0) is 43.2 Å². The Hall–Kier alpha value is -2.90. The first-order valence-corrected chi connectivity index (χ1v) is 8.62. The summed E-state index contributed by atoms with van der Waals surface area (Å²) in [5.74, 6) is 0.618. The molecular weight excluding hydrogens is 346 g/mol. The van der Waals surface area contributed by atoms with Crippen molar-refractivity contribution in [3.8, 4) is 17.2 Å². The second-order valence-corrected chi connectivity index (χ2v) is 6.72. The molecule has 4 rings (SSSR count). The van der Waals surface area contributed by atoms with Crippen LogP contribution in [0.3, 0.4) is 0 Å². The topological polar surface area (TPSA) is 81.9 Å². The van der Waals surface area contributed by atoms with E-state index in [1.54, 1.807) is 19.2 Å². The van der Waals surface area contributed by atoms with E-state index in [9.17, 15) is 5.11 Å². The highest BCUT2D eigenvalue weighted by Crippen LogP contribution is 2.34. The van der Waals surface area contributed by atoms with Gasteiger partial charge in [-0.3, -0.25) is 0 Å². The summed E-state index contributed by atoms with van der Waals surface area (Å²) in [7, 11) is 1.57. The molecule has 0 bridgehead atoms. The summed E-state index contributed by atoms with van der Waals surface area (Å²) in [5, 5.41) is 19.7. The van der Waals surface area contributed by atoms with Crippen molar-refractivity contribution in [2.75, 3.05) is 7.11 Å². The summed E-state index contributed by atoms with van der Waals surface area (Å²) in [6, 6.07) is 9.23. The van der Waals surface area contributed by atoms with Gasteiger partial charge < -0.3 is 19.3 Å². The molecule has 2 atom stereocenters. The lowest BCUT2D eigenvalue weighted by molar-refractivity contribution is 0.0375. The summed E-state index contributed by atoms with van der Waals surface area (Å²) in [6.07, 6.45) is -0.413. The zero-order valence-electron chi connectivity index (χ0n) is 15.5. The van der Waals surface area contributed by atoms with Gasteiger partial charge in [-0.2, -0.15) is 0 Å². The van der Waals surface area contributed by atoms with Gasteiger partial charge in [0.25, 0.3) is 0 Å². The third-order valence-corrected chi connectivity index (χ3v) is 4.47. The summed E-state index contributed by atoms with van der Waals surface area (Å²) >= 11 is 0. The highest BCUT2D eigenvalue weighted by molar-refractivity contribution is 5.75. The number of fused-ring (bicyclic) bond motifs is 1. The molecule has 7 nitrogen and oxygen atoms in total. The van der Waals surface area contributed by atoms with Crippen molar-refractivity contribution in [3.63, 3.8) is 0 Å². The third kappa shape index (κ3) is 3.39. The largest absolute Gasteiger partial charge is 0.505 e. The molecule has 0 aliphatic carbocycles. The number of aryl methyl sites for hydroxylation is 1. The molecule has 27 heavy (non-hydrogen) atoms. The number of rotatable bonds is 6. The zero-order valence-corrected chi connectivity index (χ0v) is 15.5. The number of hydrogen-bond acceptors (Lipinski definition) is 6. The lowest BCUT2D eigenvalue weighted by Crippen LogP contribution is -2.05. The predicted molar refractivity (Wildman–Crippen MR) is 100 cm³/mol. The van der Waals surface area contributed by atoms with Crippen molar-refractivity contribution < 1.29 is 19.3 Å². The number of methoxy groups -OCH3 is 1. The van der Waals surface area contributed by atoms with Crippen molar-refractivity contribution in [1.29, 1.82) is 0 Å². The lowest BCUT2D eigenvalue weighted by Gasteiger charge is -2.11. The molecule has 1 saturated heterocycles. The smallest absolute Gasteiger partial charge is 0.189 e. The second kappa shape index (κ2) is 6.68. The molecule has 0 saturated carbocycles. The molecule has 2 unspecified atom stereocenters. The molecule has 0 radical (unpaired) electrons. The van der Waals surface area contributed by atoms with E-state index in [0.717, 1.165) is 22.2 Å². The van der Waals surface area contributed by atoms with Crippen molar-refractivity contribution in [1.82, 2.24) is 15.0 Å².